The molecule has 0 amide bonds. The minimum Gasteiger partial charge on any atom is -0.469 e. The standard InChI is InChI=1S/C20H27BN2O2/c1-14-8-17(18-10-21(11-18)13-22)9-15(2)19(14)12-23-6-4-16(5-7-23)20(24)25-3/h8-9,16,18H,4-7,10-12H2,1-3H3. The van der Waals surface area contributed by atoms with Crippen LogP contribution >= 0.6 is 0 Å². The van der Waals surface area contributed by atoms with Crippen molar-refractivity contribution in [3.63, 3.8) is 0 Å². The van der Waals surface area contributed by atoms with Crippen LogP contribution in [0.3, 0.4) is 0 Å². The van der Waals surface area contributed by atoms with Crippen molar-refractivity contribution in [2.45, 2.75) is 51.8 Å². The Morgan fingerprint density at radius 2 is 1.88 bits per heavy atom. The highest BCUT2D eigenvalue weighted by atomic mass is 16.5. The van der Waals surface area contributed by atoms with Gasteiger partial charge in [0.05, 0.1) is 13.0 Å². The summed E-state index contributed by atoms with van der Waals surface area (Å²) in [7, 11) is 1.48. The lowest BCUT2D eigenvalue weighted by Gasteiger charge is -2.32. The Labute approximate surface area is 151 Å². The van der Waals surface area contributed by atoms with E-state index in [2.05, 4.69) is 36.8 Å². The number of carbonyl (C=O) groups excluding carboxylic acids is 1. The molecule has 4 nitrogen and oxygen atoms in total. The molecule has 2 aliphatic heterocycles. The average Bonchev–Trinajstić information content (AvgIpc) is 2.57. The van der Waals surface area contributed by atoms with Gasteiger partial charge in [0, 0.05) is 12.5 Å². The summed E-state index contributed by atoms with van der Waals surface area (Å²) in [5.74, 6) is 2.94. The maximum absolute atomic E-state index is 11.7. The van der Waals surface area contributed by atoms with Crippen molar-refractivity contribution in [2.24, 2.45) is 5.92 Å². The fraction of sp³-hybridized carbons (Fsp3) is 0.600. The Kier molecular flexibility index (Phi) is 5.49. The molecular weight excluding hydrogens is 311 g/mol. The first kappa shape index (κ1) is 18.0. The summed E-state index contributed by atoms with van der Waals surface area (Å²) in [6.45, 7) is 7.51. The molecule has 132 valence electrons. The molecular formula is C20H27BN2O2. The second-order valence-corrected chi connectivity index (χ2v) is 7.70. The molecule has 25 heavy (non-hydrogen) atoms. The van der Waals surface area contributed by atoms with Gasteiger partial charge in [-0.2, -0.15) is 0 Å². The van der Waals surface area contributed by atoms with E-state index in [0.29, 0.717) is 5.92 Å². The first-order chi connectivity index (χ1) is 12.0. The quantitative estimate of drug-likeness (QED) is 0.624. The molecule has 2 aliphatic rings. The summed E-state index contributed by atoms with van der Waals surface area (Å²) in [6.07, 6.45) is 3.80. The highest BCUT2D eigenvalue weighted by Crippen LogP contribution is 2.39. The monoisotopic (exact) mass is 338 g/mol. The number of likely N-dealkylation sites (tertiary alicyclic amines) is 1. The van der Waals surface area contributed by atoms with Crippen LogP contribution in [-0.4, -0.2) is 37.8 Å². The average molecular weight is 338 g/mol. The highest BCUT2D eigenvalue weighted by Gasteiger charge is 2.34. The molecule has 2 fully saturated rings. The van der Waals surface area contributed by atoms with Gasteiger partial charge in [-0.25, -0.2) is 5.26 Å². The van der Waals surface area contributed by atoms with Crippen molar-refractivity contribution >= 4 is 12.7 Å². The number of benzene rings is 1. The van der Waals surface area contributed by atoms with Crippen molar-refractivity contribution in [1.82, 2.24) is 4.90 Å². The zero-order valence-electron chi connectivity index (χ0n) is 15.5. The fourth-order valence-electron chi connectivity index (χ4n) is 4.22. The largest absolute Gasteiger partial charge is 0.469 e. The van der Waals surface area contributed by atoms with Crippen LogP contribution in [-0.2, 0) is 16.1 Å². The number of nitrogens with zero attached hydrogens (tertiary/aromatic N) is 2. The van der Waals surface area contributed by atoms with Crippen LogP contribution in [0.2, 0.25) is 12.6 Å². The van der Waals surface area contributed by atoms with Crippen LogP contribution in [0.15, 0.2) is 12.1 Å². The number of methoxy groups -OCH3 is 1. The normalized spacial score (nSPS) is 19.4. The van der Waals surface area contributed by atoms with E-state index in [1.54, 1.807) is 0 Å². The molecule has 3 rings (SSSR count). The summed E-state index contributed by atoms with van der Waals surface area (Å²) in [5.41, 5.74) is 5.52. The molecule has 0 aliphatic carbocycles. The first-order valence-corrected chi connectivity index (χ1v) is 9.31. The van der Waals surface area contributed by atoms with E-state index < -0.39 is 0 Å². The van der Waals surface area contributed by atoms with E-state index in [1.165, 1.54) is 29.4 Å². The predicted octanol–water partition coefficient (Wildman–Crippen LogP) is 3.34. The SMILES string of the molecule is COC(=O)C1CCN(Cc2c(C)cc(C3CB(C#N)C3)cc2C)CC1. The van der Waals surface area contributed by atoms with E-state index in [0.717, 1.165) is 45.1 Å². The molecule has 0 radical (unpaired) electrons. The van der Waals surface area contributed by atoms with Crippen LogP contribution in [0.4, 0.5) is 0 Å². The molecule has 0 bridgehead atoms. The molecule has 0 unspecified atom stereocenters. The van der Waals surface area contributed by atoms with Crippen LogP contribution in [0.25, 0.3) is 0 Å². The number of piperidine rings is 1. The van der Waals surface area contributed by atoms with E-state index in [9.17, 15) is 4.79 Å². The number of aryl methyl sites for hydroxylation is 2. The molecule has 0 atom stereocenters. The van der Waals surface area contributed by atoms with E-state index in [-0.39, 0.29) is 18.6 Å². The fourth-order valence-corrected chi connectivity index (χ4v) is 4.22. The molecule has 0 saturated carbocycles. The Hall–Kier alpha value is -1.80. The van der Waals surface area contributed by atoms with Gasteiger partial charge in [-0.3, -0.25) is 9.69 Å². The molecule has 0 N–H and O–H groups in total. The van der Waals surface area contributed by atoms with E-state index in [1.807, 2.05) is 0 Å². The van der Waals surface area contributed by atoms with E-state index in [4.69, 9.17) is 10.00 Å². The molecule has 5 heteroatoms. The summed E-state index contributed by atoms with van der Waals surface area (Å²) < 4.78 is 4.87. The third-order valence-electron chi connectivity index (χ3n) is 6.01. The minimum atomic E-state index is -0.0625. The maximum atomic E-state index is 11.7. The summed E-state index contributed by atoms with van der Waals surface area (Å²) >= 11 is 0. The van der Waals surface area contributed by atoms with Gasteiger partial charge in [-0.05, 0) is 68.0 Å². The van der Waals surface area contributed by atoms with Crippen molar-refractivity contribution in [3.05, 3.63) is 34.4 Å². The number of carbonyl (C=O) groups is 1. The molecule has 0 spiro atoms. The lowest BCUT2D eigenvalue weighted by atomic mass is 9.32. The predicted molar refractivity (Wildman–Crippen MR) is 99.7 cm³/mol. The van der Waals surface area contributed by atoms with Gasteiger partial charge in [0.15, 0.2) is 0 Å². The number of ether oxygens (including phenoxy) is 1. The molecule has 1 aromatic carbocycles. The van der Waals surface area contributed by atoms with E-state index >= 15 is 0 Å². The third-order valence-corrected chi connectivity index (χ3v) is 6.01. The number of esters is 1. The second kappa shape index (κ2) is 7.62. The third kappa shape index (κ3) is 3.90. The molecule has 0 aromatic heterocycles. The first-order valence-electron chi connectivity index (χ1n) is 9.31. The zero-order valence-corrected chi connectivity index (χ0v) is 15.5. The van der Waals surface area contributed by atoms with Gasteiger partial charge in [-0.15, -0.1) is 0 Å². The number of nitriles is 1. The maximum Gasteiger partial charge on any atom is 0.308 e. The molecule has 1 aromatic rings. The Morgan fingerprint density at radius 3 is 2.40 bits per heavy atom. The van der Waals surface area contributed by atoms with Crippen LogP contribution < -0.4 is 0 Å². The zero-order chi connectivity index (χ0) is 18.0. The van der Waals surface area contributed by atoms with Gasteiger partial charge in [0.25, 0.3) is 6.71 Å². The topological polar surface area (TPSA) is 53.3 Å². The number of hydrogen-bond acceptors (Lipinski definition) is 4. The van der Waals surface area contributed by atoms with Gasteiger partial charge >= 0.3 is 5.97 Å². The van der Waals surface area contributed by atoms with Crippen LogP contribution in [0.1, 0.15) is 41.0 Å². The summed E-state index contributed by atoms with van der Waals surface area (Å²) in [5, 5.41) is 8.97. The highest BCUT2D eigenvalue weighted by molar-refractivity contribution is 6.70. The van der Waals surface area contributed by atoms with Crippen molar-refractivity contribution < 1.29 is 9.53 Å². The Morgan fingerprint density at radius 1 is 1.28 bits per heavy atom. The van der Waals surface area contributed by atoms with Crippen LogP contribution in [0.5, 0.6) is 0 Å². The Bertz CT molecular complexity index is 660. The number of rotatable bonds is 4. The van der Waals surface area contributed by atoms with Crippen molar-refractivity contribution in [2.75, 3.05) is 20.2 Å². The Balaban J connectivity index is 1.62. The minimum absolute atomic E-state index is 0.0625. The lowest BCUT2D eigenvalue weighted by molar-refractivity contribution is -0.147. The molecule has 2 saturated heterocycles. The smallest absolute Gasteiger partial charge is 0.308 e. The molecule has 2 heterocycles. The summed E-state index contributed by atoms with van der Waals surface area (Å²) in [4.78, 5) is 14.1. The van der Waals surface area contributed by atoms with Crippen molar-refractivity contribution in [3.8, 4) is 5.97 Å². The van der Waals surface area contributed by atoms with Gasteiger partial charge in [-0.1, -0.05) is 24.8 Å². The van der Waals surface area contributed by atoms with Gasteiger partial charge in [0.1, 0.15) is 0 Å². The van der Waals surface area contributed by atoms with Crippen molar-refractivity contribution in [1.29, 1.82) is 5.26 Å². The van der Waals surface area contributed by atoms with Gasteiger partial charge in [0.2, 0.25) is 0 Å². The second-order valence-electron chi connectivity index (χ2n) is 7.70. The lowest BCUT2D eigenvalue weighted by Crippen LogP contribution is -2.36. The van der Waals surface area contributed by atoms with Crippen LogP contribution in [0, 0.1) is 31.0 Å². The summed E-state index contributed by atoms with van der Waals surface area (Å²) in [6, 6.07) is 4.64. The number of hydrogen-bond donors (Lipinski definition) is 0. The van der Waals surface area contributed by atoms with Gasteiger partial charge < -0.3 is 4.74 Å².